The van der Waals surface area contributed by atoms with Crippen LogP contribution in [0.1, 0.15) is 39.5 Å². The summed E-state index contributed by atoms with van der Waals surface area (Å²) in [5, 5.41) is 4.37. The zero-order valence-corrected chi connectivity index (χ0v) is 12.3. The smallest absolute Gasteiger partial charge is 0.00754 e. The minimum atomic E-state index is 0.819. The molecule has 0 aromatic heterocycles. The van der Waals surface area contributed by atoms with Gasteiger partial charge in [-0.1, -0.05) is 6.92 Å². The summed E-state index contributed by atoms with van der Waals surface area (Å²) < 4.78 is 0. The van der Waals surface area contributed by atoms with Crippen LogP contribution in [0.4, 0.5) is 0 Å². The normalized spacial score (nSPS) is 32.8. The van der Waals surface area contributed by atoms with Crippen LogP contribution in [-0.4, -0.2) is 48.1 Å². The molecule has 0 amide bonds. The maximum Gasteiger partial charge on any atom is 0.00754 e. The zero-order valence-electron chi connectivity index (χ0n) is 11.5. The molecular formula is C14H28N2S. The molecule has 2 aliphatic rings. The van der Waals surface area contributed by atoms with E-state index in [1.54, 1.807) is 0 Å². The van der Waals surface area contributed by atoms with Crippen LogP contribution in [-0.2, 0) is 0 Å². The average molecular weight is 256 g/mol. The van der Waals surface area contributed by atoms with Crippen LogP contribution in [0.2, 0.25) is 0 Å². The molecule has 1 N–H and O–H groups in total. The van der Waals surface area contributed by atoms with E-state index >= 15 is 0 Å². The summed E-state index contributed by atoms with van der Waals surface area (Å²) in [4.78, 5) is 2.71. The molecule has 2 unspecified atom stereocenters. The Kier molecular flexibility index (Phi) is 5.64. The third-order valence-corrected chi connectivity index (χ3v) is 5.63. The van der Waals surface area contributed by atoms with Crippen molar-refractivity contribution in [2.24, 2.45) is 5.92 Å². The second-order valence-corrected chi connectivity index (χ2v) is 7.25. The average Bonchev–Trinajstić information content (AvgIpc) is 2.35. The highest BCUT2D eigenvalue weighted by Gasteiger charge is 2.22. The highest BCUT2D eigenvalue weighted by Crippen LogP contribution is 2.24. The van der Waals surface area contributed by atoms with Crippen LogP contribution >= 0.6 is 11.8 Å². The molecule has 0 bridgehead atoms. The van der Waals surface area contributed by atoms with E-state index in [9.17, 15) is 0 Å². The Morgan fingerprint density at radius 3 is 2.65 bits per heavy atom. The molecule has 0 saturated carbocycles. The fourth-order valence-electron chi connectivity index (χ4n) is 2.99. The molecule has 3 heteroatoms. The van der Waals surface area contributed by atoms with E-state index in [4.69, 9.17) is 0 Å². The Hall–Kier alpha value is 0.270. The fraction of sp³-hybridized carbons (Fsp3) is 1.00. The van der Waals surface area contributed by atoms with E-state index in [0.29, 0.717) is 0 Å². The van der Waals surface area contributed by atoms with Gasteiger partial charge in [-0.2, -0.15) is 11.8 Å². The van der Waals surface area contributed by atoms with Crippen molar-refractivity contribution in [2.45, 2.75) is 50.8 Å². The number of hydrogen-bond acceptors (Lipinski definition) is 3. The van der Waals surface area contributed by atoms with Crippen molar-refractivity contribution in [3.05, 3.63) is 0 Å². The second kappa shape index (κ2) is 7.01. The van der Waals surface area contributed by atoms with Gasteiger partial charge in [-0.15, -0.1) is 0 Å². The molecule has 2 aliphatic heterocycles. The number of nitrogens with zero attached hydrogens (tertiary/aromatic N) is 1. The molecule has 0 aromatic rings. The third-order valence-electron chi connectivity index (χ3n) is 4.27. The molecule has 2 nitrogen and oxygen atoms in total. The molecule has 2 fully saturated rings. The van der Waals surface area contributed by atoms with Crippen LogP contribution in [0.3, 0.4) is 0 Å². The van der Waals surface area contributed by atoms with E-state index in [1.165, 1.54) is 57.6 Å². The van der Waals surface area contributed by atoms with Crippen molar-refractivity contribution in [1.29, 1.82) is 0 Å². The topological polar surface area (TPSA) is 15.3 Å². The first kappa shape index (κ1) is 13.7. The predicted molar refractivity (Wildman–Crippen MR) is 77.8 cm³/mol. The summed E-state index contributed by atoms with van der Waals surface area (Å²) in [6, 6.07) is 0.819. The maximum absolute atomic E-state index is 3.44. The highest BCUT2D eigenvalue weighted by atomic mass is 32.2. The van der Waals surface area contributed by atoms with Gasteiger partial charge < -0.3 is 5.32 Å². The lowest BCUT2D eigenvalue weighted by Crippen LogP contribution is -2.42. The number of hydrogen-bond donors (Lipinski definition) is 1. The van der Waals surface area contributed by atoms with Gasteiger partial charge in [0.25, 0.3) is 0 Å². The molecule has 2 atom stereocenters. The summed E-state index contributed by atoms with van der Waals surface area (Å²) in [7, 11) is 0. The van der Waals surface area contributed by atoms with Gasteiger partial charge in [0.05, 0.1) is 0 Å². The quantitative estimate of drug-likeness (QED) is 0.832. The van der Waals surface area contributed by atoms with Gasteiger partial charge in [0.2, 0.25) is 0 Å². The minimum Gasteiger partial charge on any atom is -0.317 e. The van der Waals surface area contributed by atoms with E-state index in [2.05, 4.69) is 35.8 Å². The van der Waals surface area contributed by atoms with Gasteiger partial charge >= 0.3 is 0 Å². The van der Waals surface area contributed by atoms with Crippen molar-refractivity contribution in [1.82, 2.24) is 10.2 Å². The van der Waals surface area contributed by atoms with E-state index in [-0.39, 0.29) is 0 Å². The Bertz CT molecular complexity index is 216. The molecule has 2 saturated heterocycles. The first-order valence-corrected chi connectivity index (χ1v) is 8.37. The molecule has 17 heavy (non-hydrogen) atoms. The number of piperidine rings is 2. The summed E-state index contributed by atoms with van der Waals surface area (Å²) in [5.74, 6) is 2.25. The number of rotatable bonds is 4. The standard InChI is InChI=1S/C14H28N2S/c1-12-3-4-13(2)16(11-12)9-10-17-14-5-7-15-8-6-14/h12-15H,3-11H2,1-2H3. The van der Waals surface area contributed by atoms with Crippen molar-refractivity contribution < 1.29 is 0 Å². The van der Waals surface area contributed by atoms with Gasteiger partial charge in [-0.25, -0.2) is 0 Å². The van der Waals surface area contributed by atoms with Gasteiger partial charge in [-0.3, -0.25) is 4.90 Å². The summed E-state index contributed by atoms with van der Waals surface area (Å²) in [6.45, 7) is 9.90. The van der Waals surface area contributed by atoms with E-state index < -0.39 is 0 Å². The van der Waals surface area contributed by atoms with Gasteiger partial charge in [0.15, 0.2) is 0 Å². The van der Waals surface area contributed by atoms with E-state index in [0.717, 1.165) is 17.2 Å². The highest BCUT2D eigenvalue weighted by molar-refractivity contribution is 7.99. The molecule has 2 heterocycles. The SMILES string of the molecule is CC1CCC(C)N(CCSC2CCNCC2)C1. The van der Waals surface area contributed by atoms with Crippen LogP contribution in [0, 0.1) is 5.92 Å². The maximum atomic E-state index is 3.44. The third kappa shape index (κ3) is 4.46. The van der Waals surface area contributed by atoms with Gasteiger partial charge in [0.1, 0.15) is 0 Å². The lowest BCUT2D eigenvalue weighted by atomic mass is 9.95. The van der Waals surface area contributed by atoms with Crippen LogP contribution in [0.15, 0.2) is 0 Å². The second-order valence-electron chi connectivity index (χ2n) is 5.85. The van der Waals surface area contributed by atoms with Crippen LogP contribution in [0.25, 0.3) is 0 Å². The molecule has 0 aliphatic carbocycles. The Labute approximate surface area is 111 Å². The monoisotopic (exact) mass is 256 g/mol. The van der Waals surface area contributed by atoms with Gasteiger partial charge in [-0.05, 0) is 51.6 Å². The number of thioether (sulfide) groups is 1. The Morgan fingerprint density at radius 2 is 1.88 bits per heavy atom. The summed E-state index contributed by atoms with van der Waals surface area (Å²) >= 11 is 2.21. The van der Waals surface area contributed by atoms with Crippen molar-refractivity contribution in [2.75, 3.05) is 31.9 Å². The molecular weight excluding hydrogens is 228 g/mol. The van der Waals surface area contributed by atoms with Crippen LogP contribution < -0.4 is 5.32 Å². The van der Waals surface area contributed by atoms with E-state index in [1.807, 2.05) is 0 Å². The van der Waals surface area contributed by atoms with Gasteiger partial charge in [0, 0.05) is 30.1 Å². The zero-order chi connectivity index (χ0) is 12.1. The predicted octanol–water partition coefficient (Wildman–Crippen LogP) is 2.59. The molecule has 100 valence electrons. The fourth-order valence-corrected chi connectivity index (χ4v) is 4.23. The Morgan fingerprint density at radius 1 is 1.12 bits per heavy atom. The molecule has 0 radical (unpaired) electrons. The van der Waals surface area contributed by atoms with Crippen LogP contribution in [0.5, 0.6) is 0 Å². The lowest BCUT2D eigenvalue weighted by molar-refractivity contribution is 0.133. The minimum absolute atomic E-state index is 0.819. The number of nitrogens with one attached hydrogen (secondary N) is 1. The molecule has 0 spiro atoms. The van der Waals surface area contributed by atoms with Crippen molar-refractivity contribution in [3.8, 4) is 0 Å². The van der Waals surface area contributed by atoms with Crippen molar-refractivity contribution >= 4 is 11.8 Å². The summed E-state index contributed by atoms with van der Waals surface area (Å²) in [6.07, 6.45) is 5.57. The first-order valence-electron chi connectivity index (χ1n) is 7.32. The molecule has 0 aromatic carbocycles. The Balaban J connectivity index is 1.63. The van der Waals surface area contributed by atoms with Crippen molar-refractivity contribution in [3.63, 3.8) is 0 Å². The number of likely N-dealkylation sites (tertiary alicyclic amines) is 1. The largest absolute Gasteiger partial charge is 0.317 e. The summed E-state index contributed by atoms with van der Waals surface area (Å²) in [5.41, 5.74) is 0. The lowest BCUT2D eigenvalue weighted by Gasteiger charge is -2.37. The first-order chi connectivity index (χ1) is 8.25. The molecule has 2 rings (SSSR count).